The summed E-state index contributed by atoms with van der Waals surface area (Å²) < 4.78 is 5.08. The average molecular weight is 299 g/mol. The third-order valence-electron chi connectivity index (χ3n) is 3.56. The first kappa shape index (κ1) is 15.9. The molecule has 0 unspecified atom stereocenters. The lowest BCUT2D eigenvalue weighted by molar-refractivity contribution is 0.373. The summed E-state index contributed by atoms with van der Waals surface area (Å²) in [6.07, 6.45) is 1.60. The van der Waals surface area contributed by atoms with Crippen LogP contribution in [0.3, 0.4) is 0 Å². The van der Waals surface area contributed by atoms with Gasteiger partial charge < -0.3 is 14.9 Å². The molecule has 0 fully saturated rings. The van der Waals surface area contributed by atoms with Gasteiger partial charge in [-0.05, 0) is 48.2 Å². The topological polar surface area (TPSA) is 62.0 Å². The van der Waals surface area contributed by atoms with Gasteiger partial charge in [-0.3, -0.25) is 4.99 Å². The standard InChI is InChI=1S/C18H21NO3/c1-11(2)14-9-15(12(3)8-16(14)20)19-10-13-6-5-7-17(22-4)18(13)21/h5-11,20-21H,1-4H3. The number of phenols is 2. The van der Waals surface area contributed by atoms with Gasteiger partial charge in [-0.1, -0.05) is 19.9 Å². The SMILES string of the molecule is COc1cccc(C=Nc2cc(C(C)C)c(O)cc2C)c1O. The summed E-state index contributed by atoms with van der Waals surface area (Å²) in [6, 6.07) is 8.84. The average Bonchev–Trinajstić information content (AvgIpc) is 2.47. The van der Waals surface area contributed by atoms with Crippen LogP contribution in [0.1, 0.15) is 36.5 Å². The summed E-state index contributed by atoms with van der Waals surface area (Å²) in [5, 5.41) is 20.0. The molecule has 0 amide bonds. The molecule has 0 heterocycles. The lowest BCUT2D eigenvalue weighted by atomic mass is 9.99. The first-order chi connectivity index (χ1) is 10.4. The Morgan fingerprint density at radius 3 is 2.55 bits per heavy atom. The van der Waals surface area contributed by atoms with Crippen molar-refractivity contribution < 1.29 is 14.9 Å². The largest absolute Gasteiger partial charge is 0.508 e. The van der Waals surface area contributed by atoms with Gasteiger partial charge in [0.15, 0.2) is 11.5 Å². The number of aromatic hydroxyl groups is 2. The van der Waals surface area contributed by atoms with E-state index < -0.39 is 0 Å². The summed E-state index contributed by atoms with van der Waals surface area (Å²) in [6.45, 7) is 5.93. The van der Waals surface area contributed by atoms with Crippen LogP contribution in [0.25, 0.3) is 0 Å². The molecule has 0 bridgehead atoms. The maximum absolute atomic E-state index is 10.1. The zero-order valence-electron chi connectivity index (χ0n) is 13.3. The number of methoxy groups -OCH3 is 1. The molecule has 2 aromatic carbocycles. The zero-order valence-corrected chi connectivity index (χ0v) is 13.3. The van der Waals surface area contributed by atoms with Crippen molar-refractivity contribution in [2.45, 2.75) is 26.7 Å². The Balaban J connectivity index is 2.40. The van der Waals surface area contributed by atoms with E-state index in [0.29, 0.717) is 11.3 Å². The molecule has 0 spiro atoms. The summed E-state index contributed by atoms with van der Waals surface area (Å²) >= 11 is 0. The van der Waals surface area contributed by atoms with Crippen LogP contribution in [-0.2, 0) is 0 Å². The van der Waals surface area contributed by atoms with Crippen molar-refractivity contribution in [3.63, 3.8) is 0 Å². The lowest BCUT2D eigenvalue weighted by Crippen LogP contribution is -1.91. The fourth-order valence-electron chi connectivity index (χ4n) is 2.25. The molecule has 0 radical (unpaired) electrons. The van der Waals surface area contributed by atoms with Crippen molar-refractivity contribution in [3.8, 4) is 17.2 Å². The van der Waals surface area contributed by atoms with Crippen molar-refractivity contribution in [1.82, 2.24) is 0 Å². The number of rotatable bonds is 4. The summed E-state index contributed by atoms with van der Waals surface area (Å²) in [5.74, 6) is 0.971. The number of hydrogen-bond donors (Lipinski definition) is 2. The van der Waals surface area contributed by atoms with Crippen molar-refractivity contribution >= 4 is 11.9 Å². The van der Waals surface area contributed by atoms with Crippen LogP contribution in [0.2, 0.25) is 0 Å². The molecular weight excluding hydrogens is 278 g/mol. The summed E-state index contributed by atoms with van der Waals surface area (Å²) in [4.78, 5) is 4.44. The van der Waals surface area contributed by atoms with E-state index in [2.05, 4.69) is 4.99 Å². The van der Waals surface area contributed by atoms with E-state index in [1.54, 1.807) is 30.5 Å². The highest BCUT2D eigenvalue weighted by Crippen LogP contribution is 2.33. The van der Waals surface area contributed by atoms with E-state index in [9.17, 15) is 10.2 Å². The van der Waals surface area contributed by atoms with E-state index in [0.717, 1.165) is 16.8 Å². The second kappa shape index (κ2) is 6.52. The molecule has 116 valence electrons. The highest BCUT2D eigenvalue weighted by molar-refractivity contribution is 5.87. The Kier molecular flexibility index (Phi) is 4.71. The molecule has 2 rings (SSSR count). The predicted octanol–water partition coefficient (Wildman–Crippen LogP) is 4.29. The normalized spacial score (nSPS) is 11.3. The third kappa shape index (κ3) is 3.22. The number of aryl methyl sites for hydroxylation is 1. The van der Waals surface area contributed by atoms with Gasteiger partial charge in [-0.25, -0.2) is 0 Å². The van der Waals surface area contributed by atoms with E-state index in [-0.39, 0.29) is 17.4 Å². The highest BCUT2D eigenvalue weighted by atomic mass is 16.5. The predicted molar refractivity (Wildman–Crippen MR) is 88.8 cm³/mol. The molecule has 22 heavy (non-hydrogen) atoms. The van der Waals surface area contributed by atoms with Crippen molar-refractivity contribution in [2.24, 2.45) is 4.99 Å². The Labute approximate surface area is 130 Å². The van der Waals surface area contributed by atoms with Gasteiger partial charge in [0, 0.05) is 11.8 Å². The minimum atomic E-state index is 0.0641. The second-order valence-corrected chi connectivity index (χ2v) is 5.51. The van der Waals surface area contributed by atoms with E-state index in [4.69, 9.17) is 4.74 Å². The van der Waals surface area contributed by atoms with Crippen LogP contribution in [0, 0.1) is 6.92 Å². The van der Waals surface area contributed by atoms with Crippen LogP contribution in [0.5, 0.6) is 17.2 Å². The number of ether oxygens (including phenoxy) is 1. The maximum atomic E-state index is 10.1. The molecule has 0 aliphatic rings. The Morgan fingerprint density at radius 2 is 1.91 bits per heavy atom. The molecule has 0 saturated carbocycles. The molecule has 0 aromatic heterocycles. The van der Waals surface area contributed by atoms with Crippen LogP contribution in [0.4, 0.5) is 5.69 Å². The number of hydrogen-bond acceptors (Lipinski definition) is 4. The Hall–Kier alpha value is -2.49. The minimum Gasteiger partial charge on any atom is -0.508 e. The first-order valence-electron chi connectivity index (χ1n) is 7.17. The Morgan fingerprint density at radius 1 is 1.18 bits per heavy atom. The van der Waals surface area contributed by atoms with Crippen LogP contribution in [-0.4, -0.2) is 23.5 Å². The zero-order chi connectivity index (χ0) is 16.3. The molecule has 0 saturated heterocycles. The van der Waals surface area contributed by atoms with Gasteiger partial charge in [0.25, 0.3) is 0 Å². The third-order valence-corrected chi connectivity index (χ3v) is 3.56. The van der Waals surface area contributed by atoms with Gasteiger partial charge in [-0.2, -0.15) is 0 Å². The van der Waals surface area contributed by atoms with Crippen LogP contribution >= 0.6 is 0 Å². The molecule has 4 nitrogen and oxygen atoms in total. The number of para-hydroxylation sites is 1. The number of benzene rings is 2. The molecule has 4 heteroatoms. The quantitative estimate of drug-likeness (QED) is 0.828. The van der Waals surface area contributed by atoms with Crippen molar-refractivity contribution in [3.05, 3.63) is 47.0 Å². The van der Waals surface area contributed by atoms with Gasteiger partial charge in [-0.15, -0.1) is 0 Å². The number of aliphatic imine (C=N–C) groups is 1. The Bertz CT molecular complexity index is 706. The van der Waals surface area contributed by atoms with E-state index >= 15 is 0 Å². The van der Waals surface area contributed by atoms with Gasteiger partial charge in [0.2, 0.25) is 0 Å². The highest BCUT2D eigenvalue weighted by Gasteiger charge is 2.10. The molecule has 0 atom stereocenters. The molecule has 0 aliphatic carbocycles. The number of nitrogens with zero attached hydrogens (tertiary/aromatic N) is 1. The molecular formula is C18H21NO3. The van der Waals surface area contributed by atoms with E-state index in [1.165, 1.54) is 7.11 Å². The van der Waals surface area contributed by atoms with Crippen molar-refractivity contribution in [2.75, 3.05) is 7.11 Å². The first-order valence-corrected chi connectivity index (χ1v) is 7.17. The van der Waals surface area contributed by atoms with Crippen LogP contribution in [0.15, 0.2) is 35.3 Å². The number of phenolic OH excluding ortho intramolecular Hbond substituents is 2. The smallest absolute Gasteiger partial charge is 0.166 e. The minimum absolute atomic E-state index is 0.0641. The van der Waals surface area contributed by atoms with Crippen molar-refractivity contribution in [1.29, 1.82) is 0 Å². The monoisotopic (exact) mass is 299 g/mol. The second-order valence-electron chi connectivity index (χ2n) is 5.51. The van der Waals surface area contributed by atoms with Gasteiger partial charge in [0.1, 0.15) is 5.75 Å². The fourth-order valence-corrected chi connectivity index (χ4v) is 2.25. The fraction of sp³-hybridized carbons (Fsp3) is 0.278. The molecule has 2 N–H and O–H groups in total. The summed E-state index contributed by atoms with van der Waals surface area (Å²) in [5.41, 5.74) is 3.08. The maximum Gasteiger partial charge on any atom is 0.166 e. The lowest BCUT2D eigenvalue weighted by Gasteiger charge is -2.11. The summed E-state index contributed by atoms with van der Waals surface area (Å²) in [7, 11) is 1.51. The molecule has 0 aliphatic heterocycles. The van der Waals surface area contributed by atoms with Gasteiger partial charge >= 0.3 is 0 Å². The van der Waals surface area contributed by atoms with Crippen LogP contribution < -0.4 is 4.74 Å². The molecule has 2 aromatic rings. The van der Waals surface area contributed by atoms with E-state index in [1.807, 2.05) is 26.8 Å². The van der Waals surface area contributed by atoms with Gasteiger partial charge in [0.05, 0.1) is 12.8 Å².